The summed E-state index contributed by atoms with van der Waals surface area (Å²) < 4.78 is 5.77. The second-order valence-electron chi connectivity index (χ2n) is 10.4. The lowest BCUT2D eigenvalue weighted by Gasteiger charge is -2.46. The van der Waals surface area contributed by atoms with Crippen molar-refractivity contribution in [1.82, 2.24) is 25.8 Å². The van der Waals surface area contributed by atoms with Crippen molar-refractivity contribution < 1.29 is 19.1 Å². The summed E-state index contributed by atoms with van der Waals surface area (Å²) in [6.45, 7) is 12.0. The highest BCUT2D eigenvalue weighted by atomic mass is 32.2. The van der Waals surface area contributed by atoms with Crippen molar-refractivity contribution >= 4 is 35.3 Å². The van der Waals surface area contributed by atoms with Crippen LogP contribution in [0.2, 0.25) is 0 Å². The molecule has 3 unspecified atom stereocenters. The van der Waals surface area contributed by atoms with Gasteiger partial charge in [-0.1, -0.05) is 32.2 Å². The normalized spacial score (nSPS) is 26.8. The fraction of sp³-hybridized carbons (Fsp3) is 0.538. The first-order valence-electron chi connectivity index (χ1n) is 12.8. The van der Waals surface area contributed by atoms with Crippen LogP contribution in [0, 0.1) is 18.8 Å². The number of aromatic nitrogens is 1. The smallest absolute Gasteiger partial charge is 0.326 e. The number of piperidine rings is 1. The summed E-state index contributed by atoms with van der Waals surface area (Å²) in [6.07, 6.45) is 4.46. The standard InChI is InChI=1S/C26H34N6O4S/c1-5-20(33)31-9-7-16(12-31)29-24(34)23-22-21-17(6-8-27-25(21)37-23)32(26(35)30-22)18-11-28-19(10-15(18)4)36-13-14(2)3/h5,10-11,14,16-17,21,25,27H,1,6-9,12-13H2,2-4H3,(H,29,34)(H,30,35)/t16-,17?,21?,25?/m1/s1. The Morgan fingerprint density at radius 3 is 2.92 bits per heavy atom. The zero-order valence-electron chi connectivity index (χ0n) is 21.5. The van der Waals surface area contributed by atoms with Gasteiger partial charge in [0.05, 0.1) is 34.8 Å². The molecule has 3 saturated heterocycles. The lowest BCUT2D eigenvalue weighted by molar-refractivity contribution is -0.125. The summed E-state index contributed by atoms with van der Waals surface area (Å²) in [4.78, 5) is 47.2. The van der Waals surface area contributed by atoms with Gasteiger partial charge in [0.1, 0.15) is 0 Å². The molecular formula is C26H34N6O4S. The Balaban J connectivity index is 1.35. The lowest BCUT2D eigenvalue weighted by Crippen LogP contribution is -2.62. The molecule has 4 amide bonds. The number of thioether (sulfide) groups is 1. The van der Waals surface area contributed by atoms with E-state index in [0.717, 1.165) is 24.2 Å². The lowest BCUT2D eigenvalue weighted by atomic mass is 9.86. The Morgan fingerprint density at radius 1 is 1.38 bits per heavy atom. The van der Waals surface area contributed by atoms with Crippen LogP contribution in [0.25, 0.3) is 0 Å². The number of nitrogens with one attached hydrogen (secondary N) is 3. The second-order valence-corrected chi connectivity index (χ2v) is 11.5. The zero-order valence-corrected chi connectivity index (χ0v) is 22.3. The van der Waals surface area contributed by atoms with E-state index in [1.54, 1.807) is 16.0 Å². The van der Waals surface area contributed by atoms with Crippen molar-refractivity contribution in [2.24, 2.45) is 11.8 Å². The molecule has 5 rings (SSSR count). The maximum atomic E-state index is 13.5. The van der Waals surface area contributed by atoms with Gasteiger partial charge in [-0.2, -0.15) is 0 Å². The number of carbonyl (C=O) groups excluding carboxylic acids is 3. The Labute approximate surface area is 221 Å². The van der Waals surface area contributed by atoms with Gasteiger partial charge in [0.15, 0.2) is 0 Å². The van der Waals surface area contributed by atoms with Crippen LogP contribution in [-0.4, -0.2) is 71.4 Å². The van der Waals surface area contributed by atoms with Gasteiger partial charge in [-0.3, -0.25) is 14.5 Å². The number of ether oxygens (including phenoxy) is 1. The molecule has 10 nitrogen and oxygen atoms in total. The van der Waals surface area contributed by atoms with Crippen LogP contribution in [-0.2, 0) is 9.59 Å². The molecule has 37 heavy (non-hydrogen) atoms. The summed E-state index contributed by atoms with van der Waals surface area (Å²) in [6, 6.07) is 1.40. The summed E-state index contributed by atoms with van der Waals surface area (Å²) in [5, 5.41) is 9.62. The largest absolute Gasteiger partial charge is 0.477 e. The highest BCUT2D eigenvalue weighted by Gasteiger charge is 2.52. The molecule has 0 aliphatic carbocycles. The average molecular weight is 527 g/mol. The van der Waals surface area contributed by atoms with E-state index in [9.17, 15) is 14.4 Å². The van der Waals surface area contributed by atoms with Gasteiger partial charge in [-0.15, -0.1) is 0 Å². The van der Waals surface area contributed by atoms with E-state index in [2.05, 4.69) is 41.4 Å². The molecule has 4 aliphatic heterocycles. The van der Waals surface area contributed by atoms with Crippen LogP contribution in [0.3, 0.4) is 0 Å². The van der Waals surface area contributed by atoms with Gasteiger partial charge in [-0.05, 0) is 43.9 Å². The summed E-state index contributed by atoms with van der Waals surface area (Å²) >= 11 is 1.47. The third-order valence-corrected chi connectivity index (χ3v) is 8.59. The van der Waals surface area contributed by atoms with Crippen molar-refractivity contribution in [1.29, 1.82) is 0 Å². The second kappa shape index (κ2) is 10.4. The molecule has 3 N–H and O–H groups in total. The predicted octanol–water partition coefficient (Wildman–Crippen LogP) is 2.12. The average Bonchev–Trinajstić information content (AvgIpc) is 3.49. The topological polar surface area (TPSA) is 116 Å². The van der Waals surface area contributed by atoms with Crippen LogP contribution in [0.4, 0.5) is 10.5 Å². The molecule has 0 spiro atoms. The van der Waals surface area contributed by atoms with E-state index in [1.165, 1.54) is 17.8 Å². The van der Waals surface area contributed by atoms with Gasteiger partial charge in [0.2, 0.25) is 11.8 Å². The number of hydrogen-bond donors (Lipinski definition) is 3. The summed E-state index contributed by atoms with van der Waals surface area (Å²) in [5.41, 5.74) is 2.35. The van der Waals surface area contributed by atoms with E-state index in [0.29, 0.717) is 48.5 Å². The van der Waals surface area contributed by atoms with Crippen molar-refractivity contribution in [2.75, 3.05) is 31.1 Å². The van der Waals surface area contributed by atoms with Crippen LogP contribution >= 0.6 is 11.8 Å². The Hall–Kier alpha value is -3.05. The Kier molecular flexibility index (Phi) is 7.17. The van der Waals surface area contributed by atoms with E-state index >= 15 is 0 Å². The van der Waals surface area contributed by atoms with Crippen molar-refractivity contribution in [3.8, 4) is 5.88 Å². The van der Waals surface area contributed by atoms with Crippen molar-refractivity contribution in [3.05, 3.63) is 41.1 Å². The number of hydrogen-bond acceptors (Lipinski definition) is 7. The van der Waals surface area contributed by atoms with E-state index in [-0.39, 0.29) is 41.2 Å². The number of urea groups is 1. The highest BCUT2D eigenvalue weighted by molar-refractivity contribution is 8.04. The predicted molar refractivity (Wildman–Crippen MR) is 142 cm³/mol. The monoisotopic (exact) mass is 526 g/mol. The Bertz CT molecular complexity index is 1150. The molecule has 0 radical (unpaired) electrons. The molecule has 11 heteroatoms. The third-order valence-electron chi connectivity index (χ3n) is 7.24. The molecule has 1 aromatic rings. The van der Waals surface area contributed by atoms with Gasteiger partial charge >= 0.3 is 6.03 Å². The minimum Gasteiger partial charge on any atom is -0.477 e. The number of rotatable bonds is 7. The molecular weight excluding hydrogens is 492 g/mol. The fourth-order valence-electron chi connectivity index (χ4n) is 5.47. The quantitative estimate of drug-likeness (QED) is 0.466. The number of carbonyl (C=O) groups is 3. The van der Waals surface area contributed by atoms with Gasteiger partial charge in [0, 0.05) is 36.8 Å². The van der Waals surface area contributed by atoms with Gasteiger partial charge in [0.25, 0.3) is 5.91 Å². The third kappa shape index (κ3) is 4.94. The van der Waals surface area contributed by atoms with E-state index < -0.39 is 0 Å². The number of likely N-dealkylation sites (tertiary alicyclic amines) is 1. The highest BCUT2D eigenvalue weighted by Crippen LogP contribution is 2.48. The van der Waals surface area contributed by atoms with Crippen LogP contribution in [0.5, 0.6) is 5.88 Å². The molecule has 198 valence electrons. The SMILES string of the molecule is C=CC(=O)N1CC[C@@H](NC(=O)C2=C3NC(=O)N(c4cnc(OCC(C)C)cc4C)C4CCNC(S2)C34)C1. The molecule has 3 fully saturated rings. The first-order chi connectivity index (χ1) is 17.8. The van der Waals surface area contributed by atoms with E-state index in [4.69, 9.17) is 4.74 Å². The van der Waals surface area contributed by atoms with E-state index in [1.807, 2.05) is 13.0 Å². The van der Waals surface area contributed by atoms with Crippen LogP contribution in [0.15, 0.2) is 35.5 Å². The van der Waals surface area contributed by atoms with Crippen molar-refractivity contribution in [2.45, 2.75) is 51.1 Å². The number of aryl methyl sites for hydroxylation is 1. The number of anilines is 1. The van der Waals surface area contributed by atoms with Crippen molar-refractivity contribution in [3.63, 3.8) is 0 Å². The molecule has 0 bridgehead atoms. The van der Waals surface area contributed by atoms with Gasteiger partial charge < -0.3 is 25.6 Å². The summed E-state index contributed by atoms with van der Waals surface area (Å²) in [5.74, 6) is 0.560. The van der Waals surface area contributed by atoms with Gasteiger partial charge in [-0.25, -0.2) is 9.78 Å². The number of pyridine rings is 1. The first kappa shape index (κ1) is 25.6. The number of nitrogens with zero attached hydrogens (tertiary/aromatic N) is 3. The molecule has 0 aromatic carbocycles. The molecule has 4 atom stereocenters. The molecule has 0 saturated carbocycles. The molecule has 5 heterocycles. The molecule has 4 aliphatic rings. The summed E-state index contributed by atoms with van der Waals surface area (Å²) in [7, 11) is 0. The maximum Gasteiger partial charge on any atom is 0.326 e. The zero-order chi connectivity index (χ0) is 26.3. The first-order valence-corrected chi connectivity index (χ1v) is 13.7. The minimum atomic E-state index is -0.255. The minimum absolute atomic E-state index is 0.0121. The van der Waals surface area contributed by atoms with Crippen LogP contribution < -0.4 is 25.6 Å². The van der Waals surface area contributed by atoms with Crippen LogP contribution in [0.1, 0.15) is 32.3 Å². The molecule has 1 aromatic heterocycles. The fourth-order valence-corrected chi connectivity index (χ4v) is 6.87. The maximum absolute atomic E-state index is 13.5. The number of amides is 4. The Morgan fingerprint density at radius 2 is 2.19 bits per heavy atom.